The molecule has 25 heavy (non-hydrogen) atoms. The average Bonchev–Trinajstić information content (AvgIpc) is 2.55. The first-order valence-electron chi connectivity index (χ1n) is 8.29. The van der Waals surface area contributed by atoms with Crippen LogP contribution in [0.1, 0.15) is 63.4 Å². The summed E-state index contributed by atoms with van der Waals surface area (Å²) in [4.78, 5) is 27.0. The van der Waals surface area contributed by atoms with Gasteiger partial charge in [-0.3, -0.25) is 4.79 Å². The van der Waals surface area contributed by atoms with Crippen molar-refractivity contribution < 1.29 is 19.5 Å². The van der Waals surface area contributed by atoms with Gasteiger partial charge in [0.2, 0.25) is 0 Å². The Morgan fingerprint density at radius 2 is 1.80 bits per heavy atom. The molecule has 0 aromatic heterocycles. The number of benzene rings is 1. The first-order chi connectivity index (χ1) is 11.7. The van der Waals surface area contributed by atoms with E-state index in [1.165, 1.54) is 29.7 Å². The molecule has 0 aliphatic heterocycles. The monoisotopic (exact) mass is 345 g/mol. The van der Waals surface area contributed by atoms with Crippen LogP contribution in [0.15, 0.2) is 41.0 Å². The van der Waals surface area contributed by atoms with Crippen molar-refractivity contribution in [3.05, 3.63) is 52.1 Å². The molecule has 0 amide bonds. The lowest BCUT2D eigenvalue weighted by Gasteiger charge is -2.11. The molecular formula is C20H27NO4. The van der Waals surface area contributed by atoms with E-state index < -0.39 is 11.9 Å². The Bertz CT molecular complexity index is 698. The highest BCUT2D eigenvalue weighted by atomic mass is 16.7. The normalized spacial score (nSPS) is 11.0. The van der Waals surface area contributed by atoms with Crippen LogP contribution in [0, 0.1) is 0 Å². The van der Waals surface area contributed by atoms with Gasteiger partial charge < -0.3 is 9.94 Å². The number of carboxylic acids is 1. The van der Waals surface area contributed by atoms with E-state index >= 15 is 0 Å². The minimum Gasteiger partial charge on any atom is -0.478 e. The largest absolute Gasteiger partial charge is 0.478 e. The number of rotatable bonds is 8. The van der Waals surface area contributed by atoms with Gasteiger partial charge in [-0.1, -0.05) is 22.8 Å². The van der Waals surface area contributed by atoms with Gasteiger partial charge in [-0.15, -0.1) is 0 Å². The van der Waals surface area contributed by atoms with Crippen LogP contribution in [0.25, 0.3) is 0 Å². The first kappa shape index (κ1) is 20.5. The van der Waals surface area contributed by atoms with Crippen molar-refractivity contribution in [1.29, 1.82) is 0 Å². The molecule has 0 spiro atoms. The second kappa shape index (κ2) is 9.67. The Morgan fingerprint density at radius 3 is 2.36 bits per heavy atom. The lowest BCUT2D eigenvalue weighted by Crippen LogP contribution is -2.09. The predicted molar refractivity (Wildman–Crippen MR) is 99.5 cm³/mol. The first-order valence-corrected chi connectivity index (χ1v) is 8.29. The SMILES string of the molecule is CC(=O)ONc1ccc(C(=O)O)cc1C/C=C(\C)CCC(C)=C(C)C. The van der Waals surface area contributed by atoms with Gasteiger partial charge in [-0.2, -0.15) is 0 Å². The molecule has 1 rings (SSSR count). The lowest BCUT2D eigenvalue weighted by atomic mass is 10.0. The molecule has 0 bridgehead atoms. The highest BCUT2D eigenvalue weighted by Crippen LogP contribution is 2.21. The summed E-state index contributed by atoms with van der Waals surface area (Å²) in [7, 11) is 0. The van der Waals surface area contributed by atoms with E-state index in [4.69, 9.17) is 9.94 Å². The van der Waals surface area contributed by atoms with Crippen LogP contribution in [-0.4, -0.2) is 17.0 Å². The number of aromatic carboxylic acids is 1. The number of nitrogens with one attached hydrogen (secondary N) is 1. The van der Waals surface area contributed by atoms with E-state index in [0.717, 1.165) is 18.4 Å². The zero-order valence-corrected chi connectivity index (χ0v) is 15.6. The summed E-state index contributed by atoms with van der Waals surface area (Å²) in [5, 5.41) is 9.17. The van der Waals surface area contributed by atoms with Crippen molar-refractivity contribution >= 4 is 17.6 Å². The molecule has 1 aromatic carbocycles. The third-order valence-corrected chi connectivity index (χ3v) is 4.08. The Labute approximate surface area is 149 Å². The van der Waals surface area contributed by atoms with Crippen LogP contribution in [0.4, 0.5) is 5.69 Å². The molecule has 0 radical (unpaired) electrons. The van der Waals surface area contributed by atoms with Crippen LogP contribution < -0.4 is 5.48 Å². The standard InChI is InChI=1S/C20H27NO4/c1-13(2)15(4)8-6-14(3)7-9-17-12-18(20(23)24)10-11-19(17)21-25-16(5)22/h7,10-12,21H,6,8-9H2,1-5H3,(H,23,24)/b14-7+. The van der Waals surface area contributed by atoms with Gasteiger partial charge in [0.25, 0.3) is 0 Å². The Kier molecular flexibility index (Phi) is 7.92. The maximum atomic E-state index is 11.2. The summed E-state index contributed by atoms with van der Waals surface area (Å²) >= 11 is 0. The maximum absolute atomic E-state index is 11.2. The summed E-state index contributed by atoms with van der Waals surface area (Å²) in [6, 6.07) is 4.68. The molecule has 1 aromatic rings. The molecule has 5 nitrogen and oxygen atoms in total. The highest BCUT2D eigenvalue weighted by Gasteiger charge is 2.09. The van der Waals surface area contributed by atoms with Gasteiger partial charge in [-0.05, 0) is 70.7 Å². The highest BCUT2D eigenvalue weighted by molar-refractivity contribution is 5.88. The molecule has 0 atom stereocenters. The summed E-state index contributed by atoms with van der Waals surface area (Å²) < 4.78 is 0. The Hall–Kier alpha value is -2.56. The van der Waals surface area contributed by atoms with Crippen molar-refractivity contribution in [1.82, 2.24) is 0 Å². The molecular weight excluding hydrogens is 318 g/mol. The summed E-state index contributed by atoms with van der Waals surface area (Å²) in [6.45, 7) is 9.73. The number of carboxylic acid groups (broad SMARTS) is 1. The number of hydrogen-bond acceptors (Lipinski definition) is 4. The number of hydrogen-bond donors (Lipinski definition) is 2. The summed E-state index contributed by atoms with van der Waals surface area (Å²) in [5.41, 5.74) is 8.11. The van der Waals surface area contributed by atoms with Crippen molar-refractivity contribution in [2.24, 2.45) is 0 Å². The van der Waals surface area contributed by atoms with Gasteiger partial charge in [-0.25, -0.2) is 10.3 Å². The number of allylic oxidation sites excluding steroid dienone is 4. The number of carbonyl (C=O) groups excluding carboxylic acids is 1. The van der Waals surface area contributed by atoms with Gasteiger partial charge in [0.1, 0.15) is 0 Å². The van der Waals surface area contributed by atoms with Gasteiger partial charge in [0.05, 0.1) is 11.3 Å². The van der Waals surface area contributed by atoms with Gasteiger partial charge >= 0.3 is 11.9 Å². The Balaban J connectivity index is 2.90. The lowest BCUT2D eigenvalue weighted by molar-refractivity contribution is -0.138. The van der Waals surface area contributed by atoms with E-state index in [1.807, 2.05) is 0 Å². The van der Waals surface area contributed by atoms with Crippen molar-refractivity contribution in [2.75, 3.05) is 5.48 Å². The van der Waals surface area contributed by atoms with E-state index in [-0.39, 0.29) is 5.56 Å². The third kappa shape index (κ3) is 7.25. The fourth-order valence-electron chi connectivity index (χ4n) is 2.14. The Morgan fingerprint density at radius 1 is 1.12 bits per heavy atom. The summed E-state index contributed by atoms with van der Waals surface area (Å²) in [6.07, 6.45) is 4.61. The smallest absolute Gasteiger partial charge is 0.335 e. The fraction of sp³-hybridized carbons (Fsp3) is 0.400. The maximum Gasteiger partial charge on any atom is 0.335 e. The van der Waals surface area contributed by atoms with Crippen LogP contribution >= 0.6 is 0 Å². The fourth-order valence-corrected chi connectivity index (χ4v) is 2.14. The van der Waals surface area contributed by atoms with Crippen LogP contribution in [0.3, 0.4) is 0 Å². The molecule has 136 valence electrons. The molecule has 0 fully saturated rings. The van der Waals surface area contributed by atoms with Crippen LogP contribution in [0.2, 0.25) is 0 Å². The minimum atomic E-state index is -0.986. The van der Waals surface area contributed by atoms with Crippen molar-refractivity contribution in [3.63, 3.8) is 0 Å². The van der Waals surface area contributed by atoms with Crippen molar-refractivity contribution in [2.45, 2.75) is 53.9 Å². The van der Waals surface area contributed by atoms with E-state index in [9.17, 15) is 9.59 Å². The number of carbonyl (C=O) groups is 2. The third-order valence-electron chi connectivity index (χ3n) is 4.08. The summed E-state index contributed by atoms with van der Waals surface area (Å²) in [5.74, 6) is -1.45. The zero-order chi connectivity index (χ0) is 19.0. The molecule has 0 aliphatic rings. The molecule has 0 saturated carbocycles. The van der Waals surface area contributed by atoms with Crippen molar-refractivity contribution in [3.8, 4) is 0 Å². The molecule has 2 N–H and O–H groups in total. The van der Waals surface area contributed by atoms with E-state index in [1.54, 1.807) is 12.1 Å². The van der Waals surface area contributed by atoms with E-state index in [2.05, 4.69) is 39.3 Å². The van der Waals surface area contributed by atoms with Crippen LogP contribution in [-0.2, 0) is 16.1 Å². The molecule has 0 unspecified atom stereocenters. The van der Waals surface area contributed by atoms with E-state index in [0.29, 0.717) is 12.1 Å². The van der Waals surface area contributed by atoms with Crippen LogP contribution in [0.5, 0.6) is 0 Å². The number of anilines is 1. The minimum absolute atomic E-state index is 0.204. The molecule has 5 heteroatoms. The van der Waals surface area contributed by atoms with Gasteiger partial charge in [0.15, 0.2) is 0 Å². The molecule has 0 aliphatic carbocycles. The zero-order valence-electron chi connectivity index (χ0n) is 15.6. The predicted octanol–water partition coefficient (Wildman–Crippen LogP) is 4.90. The quantitative estimate of drug-likeness (QED) is 0.518. The second-order valence-corrected chi connectivity index (χ2v) is 6.41. The molecule has 0 heterocycles. The second-order valence-electron chi connectivity index (χ2n) is 6.41. The molecule has 0 saturated heterocycles. The average molecular weight is 345 g/mol. The topological polar surface area (TPSA) is 75.6 Å². The van der Waals surface area contributed by atoms with Gasteiger partial charge in [0, 0.05) is 6.92 Å².